The molecule has 0 radical (unpaired) electrons. The maximum Gasteiger partial charge on any atom is 0.132 e. The van der Waals surface area contributed by atoms with Crippen molar-refractivity contribution in [2.24, 2.45) is 0 Å². The lowest BCUT2D eigenvalue weighted by Gasteiger charge is -2.20. The molecule has 0 aliphatic rings. The SMILES string of the molecule is CCCN(CC)CCn1cncc1-c1cccnc1N. The van der Waals surface area contributed by atoms with E-state index in [9.17, 15) is 0 Å². The highest BCUT2D eigenvalue weighted by Gasteiger charge is 2.09. The van der Waals surface area contributed by atoms with Crippen LogP contribution in [0.4, 0.5) is 5.82 Å². The van der Waals surface area contributed by atoms with Gasteiger partial charge in [0, 0.05) is 24.8 Å². The van der Waals surface area contributed by atoms with Crippen molar-refractivity contribution in [3.63, 3.8) is 0 Å². The molecule has 5 heteroatoms. The summed E-state index contributed by atoms with van der Waals surface area (Å²) >= 11 is 0. The van der Waals surface area contributed by atoms with Crippen LogP contribution >= 0.6 is 0 Å². The summed E-state index contributed by atoms with van der Waals surface area (Å²) in [7, 11) is 0. The van der Waals surface area contributed by atoms with Crippen LogP contribution in [0.1, 0.15) is 20.3 Å². The van der Waals surface area contributed by atoms with Crippen LogP contribution in [0.2, 0.25) is 0 Å². The molecule has 108 valence electrons. The highest BCUT2D eigenvalue weighted by Crippen LogP contribution is 2.23. The molecule has 0 amide bonds. The summed E-state index contributed by atoms with van der Waals surface area (Å²) in [5.74, 6) is 0.551. The molecular weight excluding hydrogens is 250 g/mol. The second-order valence-corrected chi connectivity index (χ2v) is 4.84. The number of likely N-dealkylation sites (N-methyl/N-ethyl adjacent to an activating group) is 1. The van der Waals surface area contributed by atoms with E-state index in [2.05, 4.69) is 33.3 Å². The first-order valence-electron chi connectivity index (χ1n) is 7.19. The van der Waals surface area contributed by atoms with Gasteiger partial charge < -0.3 is 15.2 Å². The van der Waals surface area contributed by atoms with Gasteiger partial charge in [-0.2, -0.15) is 0 Å². The predicted octanol–water partition coefficient (Wildman–Crippen LogP) is 2.26. The van der Waals surface area contributed by atoms with Crippen molar-refractivity contribution in [1.82, 2.24) is 19.4 Å². The van der Waals surface area contributed by atoms with Gasteiger partial charge in [0.15, 0.2) is 0 Å². The maximum atomic E-state index is 5.95. The van der Waals surface area contributed by atoms with E-state index in [0.717, 1.165) is 37.4 Å². The average Bonchev–Trinajstić information content (AvgIpc) is 2.92. The smallest absolute Gasteiger partial charge is 0.132 e. The third-order valence-electron chi connectivity index (χ3n) is 3.47. The zero-order valence-electron chi connectivity index (χ0n) is 12.3. The number of aromatic nitrogens is 3. The zero-order chi connectivity index (χ0) is 14.4. The molecule has 0 saturated carbocycles. The van der Waals surface area contributed by atoms with E-state index in [0.29, 0.717) is 5.82 Å². The minimum Gasteiger partial charge on any atom is -0.383 e. The second-order valence-electron chi connectivity index (χ2n) is 4.84. The molecule has 2 heterocycles. The Morgan fingerprint density at radius 3 is 2.85 bits per heavy atom. The fourth-order valence-electron chi connectivity index (χ4n) is 2.35. The van der Waals surface area contributed by atoms with Crippen molar-refractivity contribution in [1.29, 1.82) is 0 Å². The Kier molecular flexibility index (Phi) is 5.12. The van der Waals surface area contributed by atoms with Gasteiger partial charge >= 0.3 is 0 Å². The number of anilines is 1. The molecule has 0 saturated heterocycles. The van der Waals surface area contributed by atoms with Crippen LogP contribution in [0, 0.1) is 0 Å². The summed E-state index contributed by atoms with van der Waals surface area (Å²) in [5, 5.41) is 0. The molecule has 0 atom stereocenters. The topological polar surface area (TPSA) is 60.0 Å². The van der Waals surface area contributed by atoms with E-state index in [1.54, 1.807) is 6.20 Å². The standard InChI is InChI=1S/C15H23N5/c1-3-8-19(4-2)9-10-20-12-17-11-14(20)13-6-5-7-18-15(13)16/h5-7,11-12H,3-4,8-10H2,1-2H3,(H2,16,18). The minimum atomic E-state index is 0.551. The van der Waals surface area contributed by atoms with Gasteiger partial charge in [0.25, 0.3) is 0 Å². The zero-order valence-corrected chi connectivity index (χ0v) is 12.3. The van der Waals surface area contributed by atoms with Gasteiger partial charge in [-0.05, 0) is 31.6 Å². The lowest BCUT2D eigenvalue weighted by Crippen LogP contribution is -2.28. The molecule has 5 nitrogen and oxygen atoms in total. The van der Waals surface area contributed by atoms with E-state index in [-0.39, 0.29) is 0 Å². The molecule has 0 aliphatic carbocycles. The summed E-state index contributed by atoms with van der Waals surface area (Å²) in [6, 6.07) is 3.89. The van der Waals surface area contributed by atoms with Crippen molar-refractivity contribution < 1.29 is 0 Å². The van der Waals surface area contributed by atoms with E-state index < -0.39 is 0 Å². The number of nitrogens with two attached hydrogens (primary N) is 1. The molecular formula is C15H23N5. The van der Waals surface area contributed by atoms with Crippen molar-refractivity contribution in [3.8, 4) is 11.3 Å². The van der Waals surface area contributed by atoms with E-state index in [1.165, 1.54) is 6.42 Å². The molecule has 0 spiro atoms. The van der Waals surface area contributed by atoms with Crippen molar-refractivity contribution in [2.75, 3.05) is 25.4 Å². The molecule has 20 heavy (non-hydrogen) atoms. The number of nitrogen functional groups attached to an aromatic ring is 1. The molecule has 2 rings (SSSR count). The van der Waals surface area contributed by atoms with Crippen LogP contribution in [0.3, 0.4) is 0 Å². The normalized spacial score (nSPS) is 11.2. The predicted molar refractivity (Wildman–Crippen MR) is 82.3 cm³/mol. The van der Waals surface area contributed by atoms with Gasteiger partial charge in [0.1, 0.15) is 5.82 Å². The van der Waals surface area contributed by atoms with Gasteiger partial charge in [-0.15, -0.1) is 0 Å². The average molecular weight is 273 g/mol. The summed E-state index contributed by atoms with van der Waals surface area (Å²) < 4.78 is 2.14. The van der Waals surface area contributed by atoms with Crippen LogP contribution < -0.4 is 5.73 Å². The number of nitrogens with zero attached hydrogens (tertiary/aromatic N) is 4. The second kappa shape index (κ2) is 7.05. The number of hydrogen-bond donors (Lipinski definition) is 1. The Morgan fingerprint density at radius 1 is 1.30 bits per heavy atom. The molecule has 0 aliphatic heterocycles. The maximum absolute atomic E-state index is 5.95. The summed E-state index contributed by atoms with van der Waals surface area (Å²) in [6.45, 7) is 8.55. The Hall–Kier alpha value is -1.88. The number of rotatable bonds is 7. The Morgan fingerprint density at radius 2 is 2.15 bits per heavy atom. The minimum absolute atomic E-state index is 0.551. The van der Waals surface area contributed by atoms with Crippen LogP contribution in [0.5, 0.6) is 0 Å². The van der Waals surface area contributed by atoms with Crippen LogP contribution in [0.15, 0.2) is 30.9 Å². The van der Waals surface area contributed by atoms with Crippen LogP contribution in [0.25, 0.3) is 11.3 Å². The van der Waals surface area contributed by atoms with E-state index >= 15 is 0 Å². The van der Waals surface area contributed by atoms with Gasteiger partial charge in [0.05, 0.1) is 18.2 Å². The fraction of sp³-hybridized carbons (Fsp3) is 0.467. The third kappa shape index (κ3) is 3.36. The van der Waals surface area contributed by atoms with Gasteiger partial charge in [-0.1, -0.05) is 13.8 Å². The van der Waals surface area contributed by atoms with Gasteiger partial charge in [0.2, 0.25) is 0 Å². The van der Waals surface area contributed by atoms with Crippen LogP contribution in [-0.2, 0) is 6.54 Å². The molecule has 2 aromatic heterocycles. The molecule has 0 fully saturated rings. The molecule has 0 unspecified atom stereocenters. The van der Waals surface area contributed by atoms with Crippen LogP contribution in [-0.4, -0.2) is 39.1 Å². The van der Waals surface area contributed by atoms with Gasteiger partial charge in [-0.25, -0.2) is 9.97 Å². The number of pyridine rings is 1. The first-order chi connectivity index (χ1) is 9.76. The van der Waals surface area contributed by atoms with Gasteiger partial charge in [-0.3, -0.25) is 0 Å². The largest absolute Gasteiger partial charge is 0.383 e. The van der Waals surface area contributed by atoms with Crippen molar-refractivity contribution in [3.05, 3.63) is 30.9 Å². The third-order valence-corrected chi connectivity index (χ3v) is 3.47. The fourth-order valence-corrected chi connectivity index (χ4v) is 2.35. The highest BCUT2D eigenvalue weighted by atomic mass is 15.2. The van der Waals surface area contributed by atoms with E-state index in [1.807, 2.05) is 24.7 Å². The summed E-state index contributed by atoms with van der Waals surface area (Å²) in [5.41, 5.74) is 7.93. The Labute approximate surface area is 120 Å². The lowest BCUT2D eigenvalue weighted by atomic mass is 10.2. The molecule has 0 bridgehead atoms. The summed E-state index contributed by atoms with van der Waals surface area (Å²) in [4.78, 5) is 10.8. The Balaban J connectivity index is 2.11. The molecule has 0 aromatic carbocycles. The lowest BCUT2D eigenvalue weighted by molar-refractivity contribution is 0.277. The monoisotopic (exact) mass is 273 g/mol. The summed E-state index contributed by atoms with van der Waals surface area (Å²) in [6.07, 6.45) is 6.60. The molecule has 2 N–H and O–H groups in total. The number of imidazole rings is 1. The molecule has 2 aromatic rings. The number of hydrogen-bond acceptors (Lipinski definition) is 4. The van der Waals surface area contributed by atoms with Crippen molar-refractivity contribution in [2.45, 2.75) is 26.8 Å². The van der Waals surface area contributed by atoms with E-state index in [4.69, 9.17) is 5.73 Å². The highest BCUT2D eigenvalue weighted by molar-refractivity contribution is 5.70. The van der Waals surface area contributed by atoms with Crippen molar-refractivity contribution >= 4 is 5.82 Å². The first kappa shape index (κ1) is 14.5. The Bertz CT molecular complexity index is 535. The quantitative estimate of drug-likeness (QED) is 0.840. The first-order valence-corrected chi connectivity index (χ1v) is 7.19.